The van der Waals surface area contributed by atoms with Crippen molar-refractivity contribution in [2.45, 2.75) is 25.7 Å². The smallest absolute Gasteiger partial charge is 0.268 e. The number of halogens is 1. The van der Waals surface area contributed by atoms with E-state index in [0.29, 0.717) is 48.3 Å². The number of anilines is 2. The van der Waals surface area contributed by atoms with Crippen molar-refractivity contribution in [2.75, 3.05) is 41.9 Å². The van der Waals surface area contributed by atoms with Crippen LogP contribution in [0, 0.1) is 20.8 Å². The monoisotopic (exact) mass is 515 g/mol. The Kier molecular flexibility index (Phi) is 7.10. The van der Waals surface area contributed by atoms with Gasteiger partial charge in [0.25, 0.3) is 10.0 Å². The van der Waals surface area contributed by atoms with Crippen LogP contribution in [-0.2, 0) is 21.9 Å². The first-order valence-electron chi connectivity index (χ1n) is 11.5. The zero-order valence-corrected chi connectivity index (χ0v) is 22.0. The van der Waals surface area contributed by atoms with Crippen LogP contribution in [0.15, 0.2) is 53.4 Å². The van der Waals surface area contributed by atoms with E-state index in [1.807, 2.05) is 43.3 Å². The molecule has 1 aliphatic heterocycles. The highest BCUT2D eigenvalue weighted by molar-refractivity contribution is 7.93. The van der Waals surface area contributed by atoms with E-state index in [9.17, 15) is 13.2 Å². The molecule has 0 atom stereocenters. The first kappa shape index (κ1) is 25.1. The molecule has 1 saturated heterocycles. The molecule has 0 unspecified atom stereocenters. The van der Waals surface area contributed by atoms with Gasteiger partial charge in [-0.3, -0.25) is 13.8 Å². The number of benzene rings is 2. The Bertz CT molecular complexity index is 1330. The Morgan fingerprint density at radius 2 is 1.69 bits per heavy atom. The Labute approximate surface area is 211 Å². The Morgan fingerprint density at radius 1 is 1.03 bits per heavy atom. The number of carbonyl (C=O) groups excluding carboxylic acids is 1. The summed E-state index contributed by atoms with van der Waals surface area (Å²) in [7, 11) is -2.31. The lowest BCUT2D eigenvalue weighted by Crippen LogP contribution is -2.52. The second kappa shape index (κ2) is 9.91. The molecule has 35 heavy (non-hydrogen) atoms. The molecule has 0 aliphatic carbocycles. The SMILES string of the molecule is Cc1ccc(N(CC(=O)N2CCN(c3cccc(Cl)c3)CC2)S(=O)(=O)c2c(C)nn(C)c2C)cc1. The van der Waals surface area contributed by atoms with Gasteiger partial charge < -0.3 is 9.80 Å². The summed E-state index contributed by atoms with van der Waals surface area (Å²) in [6.45, 7) is 7.32. The van der Waals surface area contributed by atoms with Crippen molar-refractivity contribution in [1.82, 2.24) is 14.7 Å². The molecule has 0 spiro atoms. The third kappa shape index (κ3) is 5.16. The summed E-state index contributed by atoms with van der Waals surface area (Å²) in [5, 5.41) is 4.95. The molecular formula is C25H30ClN5O3S. The molecule has 1 aromatic heterocycles. The van der Waals surface area contributed by atoms with E-state index in [1.54, 1.807) is 42.6 Å². The van der Waals surface area contributed by atoms with Gasteiger partial charge in [0.1, 0.15) is 11.4 Å². The average molecular weight is 516 g/mol. The van der Waals surface area contributed by atoms with Gasteiger partial charge >= 0.3 is 0 Å². The van der Waals surface area contributed by atoms with Crippen molar-refractivity contribution in [2.24, 2.45) is 7.05 Å². The average Bonchev–Trinajstić information content (AvgIpc) is 3.09. The summed E-state index contributed by atoms with van der Waals surface area (Å²) in [4.78, 5) is 17.4. The van der Waals surface area contributed by atoms with Crippen molar-refractivity contribution in [3.05, 3.63) is 70.5 Å². The summed E-state index contributed by atoms with van der Waals surface area (Å²) < 4.78 is 30.4. The van der Waals surface area contributed by atoms with Crippen molar-refractivity contribution in [3.8, 4) is 0 Å². The molecule has 0 N–H and O–H groups in total. The molecule has 186 valence electrons. The number of rotatable bonds is 6. The fraction of sp³-hybridized carbons (Fsp3) is 0.360. The Morgan fingerprint density at radius 3 is 2.26 bits per heavy atom. The highest BCUT2D eigenvalue weighted by Crippen LogP contribution is 2.28. The fourth-order valence-corrected chi connectivity index (χ4v) is 6.38. The van der Waals surface area contributed by atoms with E-state index >= 15 is 0 Å². The van der Waals surface area contributed by atoms with E-state index in [0.717, 1.165) is 11.3 Å². The first-order valence-corrected chi connectivity index (χ1v) is 13.3. The van der Waals surface area contributed by atoms with E-state index in [1.165, 1.54) is 4.31 Å². The molecule has 1 amide bonds. The van der Waals surface area contributed by atoms with Gasteiger partial charge in [-0.1, -0.05) is 35.4 Å². The maximum atomic E-state index is 13.8. The van der Waals surface area contributed by atoms with Gasteiger partial charge in [0.15, 0.2) is 0 Å². The van der Waals surface area contributed by atoms with E-state index in [-0.39, 0.29) is 17.3 Å². The number of hydrogen-bond donors (Lipinski definition) is 0. The number of piperazine rings is 1. The van der Waals surface area contributed by atoms with Crippen molar-refractivity contribution < 1.29 is 13.2 Å². The van der Waals surface area contributed by atoms with Crippen LogP contribution in [0.25, 0.3) is 0 Å². The lowest BCUT2D eigenvalue weighted by atomic mass is 10.2. The van der Waals surface area contributed by atoms with E-state index < -0.39 is 10.0 Å². The van der Waals surface area contributed by atoms with Crippen molar-refractivity contribution in [1.29, 1.82) is 0 Å². The number of sulfonamides is 1. The minimum Gasteiger partial charge on any atom is -0.368 e. The van der Waals surface area contributed by atoms with Crippen molar-refractivity contribution >= 4 is 38.9 Å². The standard InChI is InChI=1S/C25H30ClN5O3S/c1-18-8-10-22(11-9-18)31(35(33,34)25-19(2)27-28(4)20(25)3)17-24(32)30-14-12-29(13-15-30)23-7-5-6-21(26)16-23/h5-11,16H,12-15,17H2,1-4H3. The van der Waals surface area contributed by atoms with Crippen molar-refractivity contribution in [3.63, 3.8) is 0 Å². The highest BCUT2D eigenvalue weighted by atomic mass is 35.5. The molecule has 10 heteroatoms. The number of nitrogens with zero attached hydrogens (tertiary/aromatic N) is 5. The topological polar surface area (TPSA) is 78.8 Å². The molecular weight excluding hydrogens is 486 g/mol. The molecule has 1 fully saturated rings. The largest absolute Gasteiger partial charge is 0.368 e. The zero-order valence-electron chi connectivity index (χ0n) is 20.4. The maximum Gasteiger partial charge on any atom is 0.268 e. The van der Waals surface area contributed by atoms with Gasteiger partial charge in [-0.2, -0.15) is 5.10 Å². The Balaban J connectivity index is 1.57. The summed E-state index contributed by atoms with van der Waals surface area (Å²) in [5.74, 6) is -0.237. The predicted octanol–water partition coefficient (Wildman–Crippen LogP) is 3.54. The molecule has 0 bridgehead atoms. The van der Waals surface area contributed by atoms with Crippen LogP contribution < -0.4 is 9.21 Å². The van der Waals surface area contributed by atoms with Gasteiger partial charge in [0.2, 0.25) is 5.91 Å². The second-order valence-electron chi connectivity index (χ2n) is 8.82. The van der Waals surface area contributed by atoms with E-state index in [2.05, 4.69) is 10.00 Å². The third-order valence-corrected chi connectivity index (χ3v) is 8.66. The van der Waals surface area contributed by atoms with Gasteiger partial charge in [0.05, 0.1) is 17.1 Å². The molecule has 4 rings (SSSR count). The summed E-state index contributed by atoms with van der Waals surface area (Å²) >= 11 is 6.13. The van der Waals surface area contributed by atoms with Gasteiger partial charge in [-0.25, -0.2) is 8.42 Å². The predicted molar refractivity (Wildman–Crippen MR) is 139 cm³/mol. The lowest BCUT2D eigenvalue weighted by molar-refractivity contribution is -0.129. The van der Waals surface area contributed by atoms with Gasteiger partial charge in [0, 0.05) is 43.9 Å². The molecule has 2 heterocycles. The Hall–Kier alpha value is -3.04. The van der Waals surface area contributed by atoms with Crippen LogP contribution in [0.2, 0.25) is 5.02 Å². The van der Waals surface area contributed by atoms with Gasteiger partial charge in [-0.15, -0.1) is 0 Å². The van der Waals surface area contributed by atoms with E-state index in [4.69, 9.17) is 11.6 Å². The van der Waals surface area contributed by atoms with Crippen LogP contribution >= 0.6 is 11.6 Å². The highest BCUT2D eigenvalue weighted by Gasteiger charge is 2.34. The fourth-order valence-electron chi connectivity index (χ4n) is 4.37. The minimum absolute atomic E-state index is 0.138. The van der Waals surface area contributed by atoms with Crippen LogP contribution in [0.4, 0.5) is 11.4 Å². The molecule has 0 saturated carbocycles. The first-order chi connectivity index (χ1) is 16.6. The zero-order chi connectivity index (χ0) is 25.3. The summed E-state index contributed by atoms with van der Waals surface area (Å²) in [6, 6.07) is 14.8. The number of aryl methyl sites for hydroxylation is 3. The molecule has 0 radical (unpaired) electrons. The summed E-state index contributed by atoms with van der Waals surface area (Å²) in [6.07, 6.45) is 0. The quantitative estimate of drug-likeness (QED) is 0.501. The van der Waals surface area contributed by atoms with Crippen LogP contribution in [0.1, 0.15) is 17.0 Å². The second-order valence-corrected chi connectivity index (χ2v) is 11.1. The van der Waals surface area contributed by atoms with Crippen LogP contribution in [0.5, 0.6) is 0 Å². The third-order valence-electron chi connectivity index (χ3n) is 6.40. The van der Waals surface area contributed by atoms with Crippen LogP contribution in [0.3, 0.4) is 0 Å². The number of hydrogen-bond acceptors (Lipinski definition) is 5. The molecule has 2 aromatic carbocycles. The molecule has 1 aliphatic rings. The van der Waals surface area contributed by atoms with Crippen LogP contribution in [-0.4, -0.2) is 61.7 Å². The molecule has 8 nitrogen and oxygen atoms in total. The molecule has 3 aromatic rings. The maximum absolute atomic E-state index is 13.8. The normalized spacial score (nSPS) is 14.3. The lowest BCUT2D eigenvalue weighted by Gasteiger charge is -2.37. The van der Waals surface area contributed by atoms with Gasteiger partial charge in [-0.05, 0) is 51.1 Å². The number of aromatic nitrogens is 2. The minimum atomic E-state index is -4.02. The number of amides is 1. The summed E-state index contributed by atoms with van der Waals surface area (Å²) in [5.41, 5.74) is 3.40. The number of carbonyl (C=O) groups is 1.